The van der Waals surface area contributed by atoms with Crippen molar-refractivity contribution < 1.29 is 14.7 Å². The van der Waals surface area contributed by atoms with Crippen molar-refractivity contribution in [3.8, 4) is 0 Å². The van der Waals surface area contributed by atoms with Crippen LogP contribution in [0.5, 0.6) is 0 Å². The van der Waals surface area contributed by atoms with E-state index in [0.29, 0.717) is 24.3 Å². The van der Waals surface area contributed by atoms with Crippen LogP contribution in [0, 0.1) is 11.3 Å². The first-order chi connectivity index (χ1) is 11.5. The number of aliphatic carboxylic acids is 1. The molecule has 24 heavy (non-hydrogen) atoms. The van der Waals surface area contributed by atoms with Crippen LogP contribution < -0.4 is 5.32 Å². The Hall–Kier alpha value is -1.55. The van der Waals surface area contributed by atoms with Crippen LogP contribution in [0.25, 0.3) is 0 Å². The predicted octanol–water partition coefficient (Wildman–Crippen LogP) is 3.81. The SMILES string of the molecule is O=C(O)[C@@H]1CC[C@H](NC(=O)C2(Cc3cccc(Cl)c3)CCCC2)C1. The second-order valence-corrected chi connectivity index (χ2v) is 7.75. The first-order valence-corrected chi connectivity index (χ1v) is 9.14. The van der Waals surface area contributed by atoms with Gasteiger partial charge in [0.25, 0.3) is 0 Å². The smallest absolute Gasteiger partial charge is 0.306 e. The van der Waals surface area contributed by atoms with E-state index in [1.165, 1.54) is 0 Å². The summed E-state index contributed by atoms with van der Waals surface area (Å²) in [5.74, 6) is -0.972. The number of nitrogens with one attached hydrogen (secondary N) is 1. The molecule has 2 saturated carbocycles. The molecule has 1 amide bonds. The van der Waals surface area contributed by atoms with Crippen molar-refractivity contribution in [1.29, 1.82) is 0 Å². The average molecular weight is 350 g/mol. The first kappa shape index (κ1) is 17.3. The minimum atomic E-state index is -0.749. The standard InChI is InChI=1S/C19H24ClNO3/c20-15-5-3-4-13(10-15)12-19(8-1-2-9-19)18(24)21-16-7-6-14(11-16)17(22)23/h3-5,10,14,16H,1-2,6-9,11-12H2,(H,21,24)(H,22,23)/t14-,16+/m1/s1. The molecule has 0 aliphatic heterocycles. The summed E-state index contributed by atoms with van der Waals surface area (Å²) in [5, 5.41) is 13.0. The van der Waals surface area contributed by atoms with Crippen LogP contribution in [0.15, 0.2) is 24.3 Å². The Kier molecular flexibility index (Phi) is 5.14. The topological polar surface area (TPSA) is 66.4 Å². The van der Waals surface area contributed by atoms with E-state index in [-0.39, 0.29) is 23.3 Å². The van der Waals surface area contributed by atoms with Gasteiger partial charge in [0.1, 0.15) is 0 Å². The number of carbonyl (C=O) groups excluding carboxylic acids is 1. The summed E-state index contributed by atoms with van der Waals surface area (Å²) in [6.07, 6.45) is 6.58. The zero-order valence-electron chi connectivity index (χ0n) is 13.8. The summed E-state index contributed by atoms with van der Waals surface area (Å²) in [6, 6.07) is 7.72. The number of rotatable bonds is 5. The molecule has 2 aliphatic rings. The lowest BCUT2D eigenvalue weighted by Crippen LogP contribution is -2.45. The van der Waals surface area contributed by atoms with E-state index in [0.717, 1.165) is 37.7 Å². The van der Waals surface area contributed by atoms with Crippen LogP contribution in [0.1, 0.15) is 50.5 Å². The minimum Gasteiger partial charge on any atom is -0.481 e. The van der Waals surface area contributed by atoms with Gasteiger partial charge in [0.2, 0.25) is 5.91 Å². The van der Waals surface area contributed by atoms with Gasteiger partial charge in [-0.3, -0.25) is 9.59 Å². The molecule has 1 aromatic rings. The van der Waals surface area contributed by atoms with Crippen LogP contribution >= 0.6 is 11.6 Å². The molecule has 3 rings (SSSR count). The molecule has 0 heterocycles. The third-order valence-electron chi connectivity index (χ3n) is 5.59. The van der Waals surface area contributed by atoms with Crippen molar-refractivity contribution in [2.45, 2.75) is 57.4 Å². The quantitative estimate of drug-likeness (QED) is 0.849. The van der Waals surface area contributed by atoms with E-state index in [1.807, 2.05) is 24.3 Å². The monoisotopic (exact) mass is 349 g/mol. The number of hydrogen-bond acceptors (Lipinski definition) is 2. The summed E-state index contributed by atoms with van der Waals surface area (Å²) in [7, 11) is 0. The second-order valence-electron chi connectivity index (χ2n) is 7.31. The molecule has 0 bridgehead atoms. The number of hydrogen-bond donors (Lipinski definition) is 2. The maximum Gasteiger partial charge on any atom is 0.306 e. The lowest BCUT2D eigenvalue weighted by Gasteiger charge is -2.29. The molecule has 0 spiro atoms. The third-order valence-corrected chi connectivity index (χ3v) is 5.83. The number of carboxylic acid groups (broad SMARTS) is 1. The Morgan fingerprint density at radius 1 is 1.25 bits per heavy atom. The highest BCUT2D eigenvalue weighted by molar-refractivity contribution is 6.30. The van der Waals surface area contributed by atoms with Crippen molar-refractivity contribution in [1.82, 2.24) is 5.32 Å². The van der Waals surface area contributed by atoms with Crippen LogP contribution in [-0.4, -0.2) is 23.0 Å². The fourth-order valence-corrected chi connectivity index (χ4v) is 4.46. The Morgan fingerprint density at radius 3 is 2.62 bits per heavy atom. The number of carboxylic acids is 1. The fraction of sp³-hybridized carbons (Fsp3) is 0.579. The number of halogens is 1. The maximum atomic E-state index is 13.0. The van der Waals surface area contributed by atoms with Crippen LogP contribution in [0.2, 0.25) is 5.02 Å². The zero-order valence-corrected chi connectivity index (χ0v) is 14.5. The molecule has 2 fully saturated rings. The Morgan fingerprint density at radius 2 is 2.00 bits per heavy atom. The molecule has 2 aliphatic carbocycles. The first-order valence-electron chi connectivity index (χ1n) is 8.77. The second kappa shape index (κ2) is 7.14. The van der Waals surface area contributed by atoms with Gasteiger partial charge in [0, 0.05) is 11.1 Å². The summed E-state index contributed by atoms with van der Waals surface area (Å²) < 4.78 is 0. The molecule has 0 radical (unpaired) electrons. The molecule has 0 aromatic heterocycles. The highest BCUT2D eigenvalue weighted by atomic mass is 35.5. The molecule has 130 valence electrons. The summed E-state index contributed by atoms with van der Waals surface area (Å²) in [6.45, 7) is 0. The van der Waals surface area contributed by atoms with E-state index >= 15 is 0 Å². The van der Waals surface area contributed by atoms with Crippen molar-refractivity contribution in [2.75, 3.05) is 0 Å². The maximum absolute atomic E-state index is 13.0. The average Bonchev–Trinajstić information content (AvgIpc) is 3.17. The van der Waals surface area contributed by atoms with Gasteiger partial charge in [0.15, 0.2) is 0 Å². The van der Waals surface area contributed by atoms with Gasteiger partial charge in [-0.25, -0.2) is 0 Å². The molecule has 1 aromatic carbocycles. The van der Waals surface area contributed by atoms with Gasteiger partial charge < -0.3 is 10.4 Å². The molecule has 0 unspecified atom stereocenters. The van der Waals surface area contributed by atoms with Crippen molar-refractivity contribution in [3.05, 3.63) is 34.9 Å². The van der Waals surface area contributed by atoms with Crippen LogP contribution in [0.3, 0.4) is 0 Å². The molecular weight excluding hydrogens is 326 g/mol. The molecule has 4 nitrogen and oxygen atoms in total. The van der Waals surface area contributed by atoms with E-state index in [4.69, 9.17) is 16.7 Å². The van der Waals surface area contributed by atoms with E-state index in [2.05, 4.69) is 5.32 Å². The third kappa shape index (κ3) is 3.75. The number of carbonyl (C=O) groups is 2. The van der Waals surface area contributed by atoms with Gasteiger partial charge in [-0.05, 0) is 56.2 Å². The van der Waals surface area contributed by atoms with Crippen molar-refractivity contribution >= 4 is 23.5 Å². The highest BCUT2D eigenvalue weighted by Crippen LogP contribution is 2.42. The lowest BCUT2D eigenvalue weighted by atomic mass is 9.79. The van der Waals surface area contributed by atoms with E-state index in [1.54, 1.807) is 0 Å². The number of benzene rings is 1. The summed E-state index contributed by atoms with van der Waals surface area (Å²) >= 11 is 6.08. The molecule has 0 saturated heterocycles. The highest BCUT2D eigenvalue weighted by Gasteiger charge is 2.42. The lowest BCUT2D eigenvalue weighted by molar-refractivity contribution is -0.141. The zero-order chi connectivity index (χ0) is 17.2. The molecular formula is C19H24ClNO3. The van der Waals surface area contributed by atoms with Gasteiger partial charge in [-0.2, -0.15) is 0 Å². The Labute approximate surface area is 147 Å². The summed E-state index contributed by atoms with van der Waals surface area (Å²) in [4.78, 5) is 24.1. The van der Waals surface area contributed by atoms with Gasteiger partial charge in [-0.15, -0.1) is 0 Å². The number of amides is 1. The van der Waals surface area contributed by atoms with Crippen LogP contribution in [-0.2, 0) is 16.0 Å². The fourth-order valence-electron chi connectivity index (χ4n) is 4.25. The van der Waals surface area contributed by atoms with E-state index in [9.17, 15) is 9.59 Å². The Balaban J connectivity index is 1.68. The normalized spacial score (nSPS) is 25.5. The van der Waals surface area contributed by atoms with Gasteiger partial charge in [0.05, 0.1) is 11.3 Å². The predicted molar refractivity (Wildman–Crippen MR) is 93.0 cm³/mol. The molecule has 2 atom stereocenters. The van der Waals surface area contributed by atoms with Gasteiger partial charge >= 0.3 is 5.97 Å². The molecule has 2 N–H and O–H groups in total. The van der Waals surface area contributed by atoms with Crippen molar-refractivity contribution in [3.63, 3.8) is 0 Å². The Bertz CT molecular complexity index is 625. The summed E-state index contributed by atoms with van der Waals surface area (Å²) in [5.41, 5.74) is 0.723. The van der Waals surface area contributed by atoms with Crippen LogP contribution in [0.4, 0.5) is 0 Å². The van der Waals surface area contributed by atoms with Gasteiger partial charge in [-0.1, -0.05) is 36.6 Å². The van der Waals surface area contributed by atoms with E-state index < -0.39 is 5.97 Å². The largest absolute Gasteiger partial charge is 0.481 e. The molecule has 5 heteroatoms. The van der Waals surface area contributed by atoms with Crippen molar-refractivity contribution in [2.24, 2.45) is 11.3 Å². The minimum absolute atomic E-state index is 0.00423.